The van der Waals surface area contributed by atoms with Crippen molar-refractivity contribution in [1.29, 1.82) is 0 Å². The van der Waals surface area contributed by atoms with E-state index >= 15 is 0 Å². The van der Waals surface area contributed by atoms with Crippen molar-refractivity contribution in [2.24, 2.45) is 11.8 Å². The Morgan fingerprint density at radius 2 is 1.84 bits per heavy atom. The molecule has 3 amide bonds. The summed E-state index contributed by atoms with van der Waals surface area (Å²) in [5.41, 5.74) is 0. The molecule has 0 bridgehead atoms. The summed E-state index contributed by atoms with van der Waals surface area (Å²) in [5, 5.41) is 7.40. The van der Waals surface area contributed by atoms with Gasteiger partial charge in [-0.15, -0.1) is 0 Å². The van der Waals surface area contributed by atoms with Crippen molar-refractivity contribution in [1.82, 2.24) is 19.6 Å². The number of carbonyl (C=O) groups is 2. The lowest BCUT2D eigenvalue weighted by molar-refractivity contribution is -0.132. The zero-order valence-electron chi connectivity index (χ0n) is 14.9. The van der Waals surface area contributed by atoms with Crippen molar-refractivity contribution in [2.45, 2.75) is 45.1 Å². The highest BCUT2D eigenvalue weighted by Gasteiger charge is 2.34. The summed E-state index contributed by atoms with van der Waals surface area (Å²) in [4.78, 5) is 28.7. The monoisotopic (exact) mass is 345 g/mol. The predicted octanol–water partition coefficient (Wildman–Crippen LogP) is 2.33. The van der Waals surface area contributed by atoms with Gasteiger partial charge in [0, 0.05) is 38.2 Å². The molecule has 2 saturated carbocycles. The smallest absolute Gasteiger partial charge is 0.323 e. The van der Waals surface area contributed by atoms with Gasteiger partial charge in [0.25, 0.3) is 0 Å². The molecule has 3 fully saturated rings. The number of aromatic nitrogens is 2. The number of hydrogen-bond acceptors (Lipinski definition) is 3. The first-order valence-corrected chi connectivity index (χ1v) is 9.51. The number of hydrogen-bond donors (Lipinski definition) is 1. The average molecular weight is 345 g/mol. The predicted molar refractivity (Wildman–Crippen MR) is 94.2 cm³/mol. The molecule has 7 nitrogen and oxygen atoms in total. The molecule has 136 valence electrons. The highest BCUT2D eigenvalue weighted by Crippen LogP contribution is 2.40. The maximum atomic E-state index is 12.7. The summed E-state index contributed by atoms with van der Waals surface area (Å²) in [6.07, 6.45) is 7.12. The Labute approximate surface area is 148 Å². The Balaban J connectivity index is 1.35. The summed E-state index contributed by atoms with van der Waals surface area (Å²) >= 11 is 0. The van der Waals surface area contributed by atoms with E-state index in [1.54, 1.807) is 6.20 Å². The van der Waals surface area contributed by atoms with Crippen molar-refractivity contribution in [2.75, 3.05) is 31.5 Å². The standard InChI is InChI=1S/C18H27N5O2/c1-13(14-3-4-14)23-16(7-8-19-23)20-18(25)22-10-2-9-21(11-12-22)17(24)15-5-6-15/h7-8,13-15H,2-6,9-12H2,1H3,(H,20,25)/t13-/m1/s1. The van der Waals surface area contributed by atoms with Gasteiger partial charge in [0.05, 0.1) is 12.2 Å². The van der Waals surface area contributed by atoms with E-state index in [4.69, 9.17) is 0 Å². The molecular formula is C18H27N5O2. The summed E-state index contributed by atoms with van der Waals surface area (Å²) in [6.45, 7) is 4.84. The van der Waals surface area contributed by atoms with E-state index in [-0.39, 0.29) is 17.9 Å². The Morgan fingerprint density at radius 1 is 1.12 bits per heavy atom. The first-order valence-electron chi connectivity index (χ1n) is 9.51. The second-order valence-corrected chi connectivity index (χ2v) is 7.61. The van der Waals surface area contributed by atoms with Crippen LogP contribution in [-0.4, -0.2) is 57.7 Å². The minimum atomic E-state index is -0.0922. The molecule has 2 aliphatic carbocycles. The maximum absolute atomic E-state index is 12.7. The minimum Gasteiger partial charge on any atom is -0.341 e. The molecule has 3 aliphatic rings. The molecule has 1 aromatic heterocycles. The molecule has 1 aliphatic heterocycles. The van der Waals surface area contributed by atoms with Gasteiger partial charge in [-0.2, -0.15) is 5.10 Å². The summed E-state index contributed by atoms with van der Waals surface area (Å²) in [6, 6.07) is 2.09. The molecule has 0 unspecified atom stereocenters. The van der Waals surface area contributed by atoms with E-state index in [1.807, 2.05) is 20.5 Å². The van der Waals surface area contributed by atoms with Crippen LogP contribution in [0.2, 0.25) is 0 Å². The zero-order chi connectivity index (χ0) is 17.4. The normalized spacial score (nSPS) is 22.4. The lowest BCUT2D eigenvalue weighted by Crippen LogP contribution is -2.40. The molecular weight excluding hydrogens is 318 g/mol. The lowest BCUT2D eigenvalue weighted by Gasteiger charge is -2.23. The van der Waals surface area contributed by atoms with Crippen LogP contribution in [-0.2, 0) is 4.79 Å². The zero-order valence-corrected chi connectivity index (χ0v) is 14.9. The van der Waals surface area contributed by atoms with Crippen molar-refractivity contribution in [3.8, 4) is 0 Å². The first kappa shape index (κ1) is 16.4. The number of urea groups is 1. The molecule has 1 saturated heterocycles. The number of carbonyl (C=O) groups excluding carboxylic acids is 2. The van der Waals surface area contributed by atoms with Crippen molar-refractivity contribution in [3.05, 3.63) is 12.3 Å². The van der Waals surface area contributed by atoms with Crippen LogP contribution in [0.4, 0.5) is 10.6 Å². The number of amides is 3. The van der Waals surface area contributed by atoms with Gasteiger partial charge in [-0.25, -0.2) is 9.48 Å². The third kappa shape index (κ3) is 3.65. The van der Waals surface area contributed by atoms with Gasteiger partial charge in [-0.3, -0.25) is 10.1 Å². The van der Waals surface area contributed by atoms with Crippen molar-refractivity contribution >= 4 is 17.8 Å². The SMILES string of the molecule is C[C@H](C1CC1)n1nccc1NC(=O)N1CCCN(C(=O)C2CC2)CC1. The van der Waals surface area contributed by atoms with Gasteiger partial charge in [-0.05, 0) is 44.9 Å². The van der Waals surface area contributed by atoms with Crippen LogP contribution in [0.3, 0.4) is 0 Å². The fourth-order valence-electron chi connectivity index (χ4n) is 3.63. The lowest BCUT2D eigenvalue weighted by atomic mass is 10.2. The first-order chi connectivity index (χ1) is 12.1. The Kier molecular flexibility index (Phi) is 4.39. The fourth-order valence-corrected chi connectivity index (χ4v) is 3.63. The molecule has 1 atom stereocenters. The van der Waals surface area contributed by atoms with Crippen LogP contribution in [0.1, 0.15) is 45.1 Å². The highest BCUT2D eigenvalue weighted by molar-refractivity contribution is 5.88. The molecule has 25 heavy (non-hydrogen) atoms. The fraction of sp³-hybridized carbons (Fsp3) is 0.722. The van der Waals surface area contributed by atoms with Crippen LogP contribution in [0.5, 0.6) is 0 Å². The van der Waals surface area contributed by atoms with E-state index in [2.05, 4.69) is 17.3 Å². The quantitative estimate of drug-likeness (QED) is 0.910. The maximum Gasteiger partial charge on any atom is 0.323 e. The largest absolute Gasteiger partial charge is 0.341 e. The number of nitrogens with zero attached hydrogens (tertiary/aromatic N) is 4. The summed E-state index contributed by atoms with van der Waals surface area (Å²) < 4.78 is 1.93. The van der Waals surface area contributed by atoms with Crippen molar-refractivity contribution in [3.63, 3.8) is 0 Å². The third-order valence-corrected chi connectivity index (χ3v) is 5.62. The van der Waals surface area contributed by atoms with Gasteiger partial charge < -0.3 is 9.80 Å². The third-order valence-electron chi connectivity index (χ3n) is 5.62. The number of rotatable bonds is 4. The van der Waals surface area contributed by atoms with Gasteiger partial charge in [0.2, 0.25) is 5.91 Å². The number of anilines is 1. The van der Waals surface area contributed by atoms with Gasteiger partial charge >= 0.3 is 6.03 Å². The van der Waals surface area contributed by atoms with Crippen LogP contribution in [0.15, 0.2) is 12.3 Å². The molecule has 4 rings (SSSR count). The Morgan fingerprint density at radius 3 is 2.56 bits per heavy atom. The van der Waals surface area contributed by atoms with Crippen LogP contribution < -0.4 is 5.32 Å². The highest BCUT2D eigenvalue weighted by atomic mass is 16.2. The van der Waals surface area contributed by atoms with Crippen molar-refractivity contribution < 1.29 is 9.59 Å². The minimum absolute atomic E-state index is 0.0922. The Bertz CT molecular complexity index is 650. The summed E-state index contributed by atoms with van der Waals surface area (Å²) in [7, 11) is 0. The Hall–Kier alpha value is -2.05. The van der Waals surface area contributed by atoms with Crippen LogP contribution >= 0.6 is 0 Å². The van der Waals surface area contributed by atoms with E-state index in [0.717, 1.165) is 31.6 Å². The second kappa shape index (κ2) is 6.69. The van der Waals surface area contributed by atoms with Crippen LogP contribution in [0, 0.1) is 11.8 Å². The average Bonchev–Trinajstić information content (AvgIpc) is 3.49. The van der Waals surface area contributed by atoms with E-state index in [9.17, 15) is 9.59 Å². The topological polar surface area (TPSA) is 70.5 Å². The van der Waals surface area contributed by atoms with E-state index < -0.39 is 0 Å². The molecule has 2 heterocycles. The summed E-state index contributed by atoms with van der Waals surface area (Å²) in [5.74, 6) is 1.97. The van der Waals surface area contributed by atoms with Gasteiger partial charge in [0.15, 0.2) is 0 Å². The molecule has 0 radical (unpaired) electrons. The molecule has 0 aromatic carbocycles. The van der Waals surface area contributed by atoms with E-state index in [0.29, 0.717) is 31.6 Å². The molecule has 7 heteroatoms. The van der Waals surface area contributed by atoms with Gasteiger partial charge in [0.1, 0.15) is 5.82 Å². The molecule has 1 N–H and O–H groups in total. The molecule has 0 spiro atoms. The molecule has 1 aromatic rings. The number of nitrogens with one attached hydrogen (secondary N) is 1. The van der Waals surface area contributed by atoms with Crippen LogP contribution in [0.25, 0.3) is 0 Å². The second-order valence-electron chi connectivity index (χ2n) is 7.61. The van der Waals surface area contributed by atoms with Gasteiger partial charge in [-0.1, -0.05) is 0 Å². The van der Waals surface area contributed by atoms with E-state index in [1.165, 1.54) is 12.8 Å².